The van der Waals surface area contributed by atoms with Crippen LogP contribution in [-0.2, 0) is 11.2 Å². The highest BCUT2D eigenvalue weighted by Gasteiger charge is 2.33. The number of nitrogens with two attached hydrogens (primary N) is 1. The third kappa shape index (κ3) is 1.49. The van der Waals surface area contributed by atoms with Gasteiger partial charge in [0.15, 0.2) is 0 Å². The lowest BCUT2D eigenvalue weighted by Crippen LogP contribution is -2.47. The average molecular weight is 231 g/mol. The predicted octanol–water partition coefficient (Wildman–Crippen LogP) is 1.08. The second-order valence-corrected chi connectivity index (χ2v) is 3.72. The molecule has 15 heavy (non-hydrogen) atoms. The van der Waals surface area contributed by atoms with Gasteiger partial charge in [-0.25, -0.2) is 4.39 Å². The predicted molar refractivity (Wildman–Crippen MR) is 52.4 cm³/mol. The molecule has 1 aromatic rings. The molecule has 1 aliphatic heterocycles. The number of nitrogens with zero attached hydrogens (tertiary/aromatic N) is 1. The molecule has 0 aromatic heterocycles. The van der Waals surface area contributed by atoms with Gasteiger partial charge in [-0.3, -0.25) is 10.0 Å². The van der Waals surface area contributed by atoms with Crippen molar-refractivity contribution in [2.75, 3.05) is 5.06 Å². The van der Waals surface area contributed by atoms with E-state index in [4.69, 9.17) is 17.3 Å². The van der Waals surface area contributed by atoms with Gasteiger partial charge in [-0.2, -0.15) is 5.06 Å². The maximum Gasteiger partial charge on any atom is 0.267 e. The van der Waals surface area contributed by atoms with Crippen LogP contribution in [0.4, 0.5) is 10.1 Å². The Morgan fingerprint density at radius 1 is 1.60 bits per heavy atom. The molecular weight excluding hydrogens is 223 g/mol. The Labute approximate surface area is 90.0 Å². The minimum absolute atomic E-state index is 0.0108. The summed E-state index contributed by atoms with van der Waals surface area (Å²) in [6.45, 7) is 0. The van der Waals surface area contributed by atoms with Gasteiger partial charge in [0, 0.05) is 12.0 Å². The number of amides is 1. The van der Waals surface area contributed by atoms with E-state index >= 15 is 0 Å². The first-order valence-electron chi connectivity index (χ1n) is 4.27. The number of anilines is 1. The molecule has 0 unspecified atom stereocenters. The number of hydrogen-bond acceptors (Lipinski definition) is 3. The number of carbonyl (C=O) groups is 1. The number of benzene rings is 1. The van der Waals surface area contributed by atoms with Gasteiger partial charge < -0.3 is 5.73 Å². The lowest BCUT2D eigenvalue weighted by molar-refractivity contribution is -0.125. The quantitative estimate of drug-likeness (QED) is 0.656. The van der Waals surface area contributed by atoms with Crippen molar-refractivity contribution in [1.29, 1.82) is 0 Å². The summed E-state index contributed by atoms with van der Waals surface area (Å²) >= 11 is 5.76. The Morgan fingerprint density at radius 2 is 2.27 bits per heavy atom. The summed E-state index contributed by atoms with van der Waals surface area (Å²) in [5, 5.41) is 9.89. The third-order valence-electron chi connectivity index (χ3n) is 2.34. The van der Waals surface area contributed by atoms with Crippen LogP contribution in [-0.4, -0.2) is 17.2 Å². The molecule has 3 N–H and O–H groups in total. The second-order valence-electron chi connectivity index (χ2n) is 3.32. The zero-order valence-electron chi connectivity index (χ0n) is 7.58. The molecule has 1 aliphatic rings. The van der Waals surface area contributed by atoms with Crippen LogP contribution >= 0.6 is 11.6 Å². The minimum atomic E-state index is -0.935. The first-order chi connectivity index (χ1) is 7.02. The molecular formula is C9H8ClFN2O2. The summed E-state index contributed by atoms with van der Waals surface area (Å²) < 4.78 is 13.4. The SMILES string of the molecule is N[C@H]1Cc2c(F)ccc(Cl)c2N(O)C1=O. The molecule has 1 aromatic carbocycles. The third-order valence-corrected chi connectivity index (χ3v) is 2.64. The zero-order chi connectivity index (χ0) is 11.2. The van der Waals surface area contributed by atoms with Crippen LogP contribution in [0.2, 0.25) is 5.02 Å². The van der Waals surface area contributed by atoms with Crippen molar-refractivity contribution in [2.45, 2.75) is 12.5 Å². The van der Waals surface area contributed by atoms with E-state index in [0.717, 1.165) is 0 Å². The smallest absolute Gasteiger partial charge is 0.267 e. The normalized spacial score (nSPS) is 20.4. The van der Waals surface area contributed by atoms with Crippen LogP contribution in [0.15, 0.2) is 12.1 Å². The van der Waals surface area contributed by atoms with Crippen LogP contribution in [0.1, 0.15) is 5.56 Å². The van der Waals surface area contributed by atoms with E-state index < -0.39 is 17.8 Å². The molecule has 0 spiro atoms. The highest BCUT2D eigenvalue weighted by atomic mass is 35.5. The molecule has 0 saturated carbocycles. The van der Waals surface area contributed by atoms with Gasteiger partial charge in [0.1, 0.15) is 5.82 Å². The van der Waals surface area contributed by atoms with Crippen LogP contribution in [0.25, 0.3) is 0 Å². The summed E-state index contributed by atoms with van der Waals surface area (Å²) in [7, 11) is 0. The lowest BCUT2D eigenvalue weighted by Gasteiger charge is -2.28. The van der Waals surface area contributed by atoms with Gasteiger partial charge in [-0.15, -0.1) is 0 Å². The Hall–Kier alpha value is -1.17. The van der Waals surface area contributed by atoms with Crippen LogP contribution in [0.5, 0.6) is 0 Å². The molecule has 6 heteroatoms. The number of carbonyl (C=O) groups excluding carboxylic acids is 1. The minimum Gasteiger partial charge on any atom is -0.320 e. The Balaban J connectivity index is 2.64. The topological polar surface area (TPSA) is 66.6 Å². The molecule has 4 nitrogen and oxygen atoms in total. The van der Waals surface area contributed by atoms with Gasteiger partial charge >= 0.3 is 0 Å². The molecule has 1 atom stereocenters. The van der Waals surface area contributed by atoms with Crippen LogP contribution in [0, 0.1) is 5.82 Å². The van der Waals surface area contributed by atoms with Crippen LogP contribution in [0.3, 0.4) is 0 Å². The highest BCUT2D eigenvalue weighted by Crippen LogP contribution is 2.34. The molecule has 80 valence electrons. The van der Waals surface area contributed by atoms with Gasteiger partial charge in [0.25, 0.3) is 5.91 Å². The van der Waals surface area contributed by atoms with Crippen molar-refractivity contribution in [2.24, 2.45) is 5.73 Å². The number of fused-ring (bicyclic) bond motifs is 1. The summed E-state index contributed by atoms with van der Waals surface area (Å²) in [6, 6.07) is 1.52. The fraction of sp³-hybridized carbons (Fsp3) is 0.222. The van der Waals surface area contributed by atoms with E-state index in [-0.39, 0.29) is 22.7 Å². The standard InChI is InChI=1S/C9H8ClFN2O2/c10-5-1-2-6(11)4-3-7(12)9(14)13(15)8(4)5/h1-2,7,15H,3,12H2/t7-/m0/s1. The summed E-state index contributed by atoms with van der Waals surface area (Å²) in [4.78, 5) is 11.3. The van der Waals surface area contributed by atoms with E-state index in [9.17, 15) is 14.4 Å². The zero-order valence-corrected chi connectivity index (χ0v) is 8.33. The maximum absolute atomic E-state index is 13.4. The number of halogens is 2. The average Bonchev–Trinajstić information content (AvgIpc) is 2.20. The molecule has 2 rings (SSSR count). The Morgan fingerprint density at radius 3 is 2.93 bits per heavy atom. The molecule has 1 amide bonds. The number of hydroxylamine groups is 1. The van der Waals surface area contributed by atoms with Crippen molar-refractivity contribution in [3.8, 4) is 0 Å². The first kappa shape index (κ1) is 10.4. The Bertz CT molecular complexity index is 438. The van der Waals surface area contributed by atoms with Gasteiger partial charge in [0.2, 0.25) is 0 Å². The van der Waals surface area contributed by atoms with E-state index in [0.29, 0.717) is 5.06 Å². The molecule has 0 radical (unpaired) electrons. The first-order valence-corrected chi connectivity index (χ1v) is 4.65. The second kappa shape index (κ2) is 3.44. The summed E-state index contributed by atoms with van der Waals surface area (Å²) in [5.74, 6) is -1.22. The molecule has 0 saturated heterocycles. The molecule has 0 fully saturated rings. The number of hydrogen-bond donors (Lipinski definition) is 2. The van der Waals surface area contributed by atoms with Gasteiger partial charge in [-0.05, 0) is 12.1 Å². The number of rotatable bonds is 0. The monoisotopic (exact) mass is 230 g/mol. The fourth-order valence-electron chi connectivity index (χ4n) is 1.58. The highest BCUT2D eigenvalue weighted by molar-refractivity contribution is 6.34. The maximum atomic E-state index is 13.4. The Kier molecular flexibility index (Phi) is 2.38. The summed E-state index contributed by atoms with van der Waals surface area (Å²) in [5.41, 5.74) is 5.59. The van der Waals surface area contributed by atoms with Crippen molar-refractivity contribution < 1.29 is 14.4 Å². The summed E-state index contributed by atoms with van der Waals surface area (Å²) in [6.07, 6.45) is 0.0393. The van der Waals surface area contributed by atoms with Crippen molar-refractivity contribution in [3.63, 3.8) is 0 Å². The van der Waals surface area contributed by atoms with Crippen LogP contribution < -0.4 is 10.8 Å². The van der Waals surface area contributed by atoms with Gasteiger partial charge in [0.05, 0.1) is 16.8 Å². The molecule has 0 aliphatic carbocycles. The largest absolute Gasteiger partial charge is 0.320 e. The van der Waals surface area contributed by atoms with E-state index in [2.05, 4.69) is 0 Å². The van der Waals surface area contributed by atoms with E-state index in [1.54, 1.807) is 0 Å². The molecule has 1 heterocycles. The van der Waals surface area contributed by atoms with Gasteiger partial charge in [-0.1, -0.05) is 11.6 Å². The fourth-order valence-corrected chi connectivity index (χ4v) is 1.84. The van der Waals surface area contributed by atoms with Crippen molar-refractivity contribution in [3.05, 3.63) is 28.5 Å². The lowest BCUT2D eigenvalue weighted by atomic mass is 9.99. The van der Waals surface area contributed by atoms with Crippen molar-refractivity contribution >= 4 is 23.2 Å². The van der Waals surface area contributed by atoms with E-state index in [1.807, 2.05) is 0 Å². The molecule has 0 bridgehead atoms. The van der Waals surface area contributed by atoms with Crippen molar-refractivity contribution in [1.82, 2.24) is 0 Å². The van der Waals surface area contributed by atoms with E-state index in [1.165, 1.54) is 12.1 Å².